The molecule has 0 saturated carbocycles. The van der Waals surface area contributed by atoms with Gasteiger partial charge in [0, 0.05) is 23.3 Å². The number of hydrogen-bond donors (Lipinski definition) is 4. The van der Waals surface area contributed by atoms with E-state index in [0.717, 1.165) is 16.6 Å². The Bertz CT molecular complexity index is 1190. The fraction of sp³-hybridized carbons (Fsp3) is 0.300. The molecule has 9 nitrogen and oxygen atoms in total. The Morgan fingerprint density at radius 3 is 2.83 bits per heavy atom. The minimum atomic E-state index is -0.714. The van der Waals surface area contributed by atoms with E-state index in [1.165, 1.54) is 0 Å². The molecule has 0 aliphatic carbocycles. The third kappa shape index (κ3) is 3.40. The van der Waals surface area contributed by atoms with Crippen molar-refractivity contribution in [1.29, 1.82) is 0 Å². The second-order valence-corrected chi connectivity index (χ2v) is 7.78. The normalized spacial score (nSPS) is 13.1. The molecule has 0 spiro atoms. The second-order valence-electron chi connectivity index (χ2n) is 7.78. The Hall–Kier alpha value is -3.46. The molecule has 0 aliphatic heterocycles. The topological polar surface area (TPSA) is 135 Å². The molecule has 1 unspecified atom stereocenters. The van der Waals surface area contributed by atoms with E-state index >= 15 is 0 Å². The Morgan fingerprint density at radius 2 is 2.14 bits per heavy atom. The number of rotatable bonds is 5. The van der Waals surface area contributed by atoms with Crippen LogP contribution < -0.4 is 11.1 Å². The van der Waals surface area contributed by atoms with E-state index in [1.807, 2.05) is 24.3 Å². The van der Waals surface area contributed by atoms with Gasteiger partial charge in [-0.3, -0.25) is 14.6 Å². The fourth-order valence-corrected chi connectivity index (χ4v) is 3.17. The average molecular weight is 393 g/mol. The van der Waals surface area contributed by atoms with Gasteiger partial charge in [-0.05, 0) is 39.0 Å². The summed E-state index contributed by atoms with van der Waals surface area (Å²) in [5.41, 5.74) is 8.70. The Kier molecular flexibility index (Phi) is 4.46. The number of aliphatic hydroxyl groups is 1. The summed E-state index contributed by atoms with van der Waals surface area (Å²) < 4.78 is 1.58. The molecule has 3 heterocycles. The van der Waals surface area contributed by atoms with Crippen molar-refractivity contribution in [2.24, 2.45) is 0 Å². The Balaban J connectivity index is 1.76. The molecule has 150 valence electrons. The van der Waals surface area contributed by atoms with Gasteiger partial charge in [0.05, 0.1) is 28.7 Å². The number of carbonyl (C=O) groups is 1. The number of nitrogens with one attached hydrogen (secondary N) is 2. The van der Waals surface area contributed by atoms with Gasteiger partial charge >= 0.3 is 0 Å². The zero-order chi connectivity index (χ0) is 20.8. The molecule has 9 heteroatoms. The summed E-state index contributed by atoms with van der Waals surface area (Å²) in [7, 11) is 0. The lowest BCUT2D eigenvalue weighted by Gasteiger charge is -2.25. The number of nitrogens with zero attached hydrogens (tertiary/aromatic N) is 4. The molecule has 0 radical (unpaired) electrons. The minimum absolute atomic E-state index is 0.160. The summed E-state index contributed by atoms with van der Waals surface area (Å²) in [6.07, 6.45) is 3.42. The smallest absolute Gasteiger partial charge is 0.245 e. The van der Waals surface area contributed by atoms with Crippen molar-refractivity contribution >= 4 is 33.5 Å². The number of nitrogens with two attached hydrogens (primary N) is 1. The van der Waals surface area contributed by atoms with E-state index < -0.39 is 11.6 Å². The molecular weight excluding hydrogens is 370 g/mol. The number of fused-ring (bicyclic) bond motifs is 3. The van der Waals surface area contributed by atoms with Crippen molar-refractivity contribution in [2.45, 2.75) is 32.4 Å². The van der Waals surface area contributed by atoms with E-state index in [2.05, 4.69) is 25.6 Å². The molecular formula is C20H23N7O2. The number of anilines is 1. The molecule has 0 aliphatic rings. The quantitative estimate of drug-likeness (QED) is 0.410. The molecule has 5 N–H and O–H groups in total. The van der Waals surface area contributed by atoms with Gasteiger partial charge < -0.3 is 16.2 Å². The second kappa shape index (κ2) is 6.85. The first-order valence-corrected chi connectivity index (χ1v) is 9.30. The van der Waals surface area contributed by atoms with Crippen LogP contribution in [0.25, 0.3) is 33.1 Å². The lowest BCUT2D eigenvalue weighted by Crippen LogP contribution is -2.48. The number of pyridine rings is 1. The molecule has 0 fully saturated rings. The monoisotopic (exact) mass is 393 g/mol. The van der Waals surface area contributed by atoms with Gasteiger partial charge in [0.2, 0.25) is 5.91 Å². The van der Waals surface area contributed by atoms with E-state index in [-0.39, 0.29) is 12.5 Å². The van der Waals surface area contributed by atoms with Crippen molar-refractivity contribution < 1.29 is 9.90 Å². The van der Waals surface area contributed by atoms with Crippen molar-refractivity contribution in [3.05, 3.63) is 36.7 Å². The number of benzene rings is 1. The first-order valence-electron chi connectivity index (χ1n) is 9.30. The predicted octanol–water partition coefficient (Wildman–Crippen LogP) is 2.00. The van der Waals surface area contributed by atoms with Crippen LogP contribution in [0.3, 0.4) is 0 Å². The highest BCUT2D eigenvalue weighted by Crippen LogP contribution is 2.30. The third-order valence-electron chi connectivity index (χ3n) is 4.95. The van der Waals surface area contributed by atoms with Crippen LogP contribution >= 0.6 is 0 Å². The molecule has 4 aromatic rings. The summed E-state index contributed by atoms with van der Waals surface area (Å²) in [6.45, 7) is 5.09. The summed E-state index contributed by atoms with van der Waals surface area (Å²) in [4.78, 5) is 17.1. The van der Waals surface area contributed by atoms with Crippen LogP contribution in [0.4, 0.5) is 5.82 Å². The molecule has 1 amide bonds. The number of carbonyl (C=O) groups excluding carboxylic acids is 1. The largest absolute Gasteiger partial charge is 0.394 e. The van der Waals surface area contributed by atoms with Crippen molar-refractivity contribution in [3.8, 4) is 11.3 Å². The lowest BCUT2D eigenvalue weighted by atomic mass is 10.1. The van der Waals surface area contributed by atoms with Crippen LogP contribution in [0, 0.1) is 0 Å². The molecule has 1 aromatic carbocycles. The molecule has 29 heavy (non-hydrogen) atoms. The number of aromatic amines is 1. The SMILES string of the molecule is CC(C(=O)NC(C)(C)CO)n1cc2c(N)nc3cc(-c4ccn[nH]4)ccc3c2n1. The van der Waals surface area contributed by atoms with Crippen molar-refractivity contribution in [2.75, 3.05) is 12.3 Å². The van der Waals surface area contributed by atoms with Crippen LogP contribution in [-0.2, 0) is 4.79 Å². The Labute approximate surface area is 166 Å². The maximum Gasteiger partial charge on any atom is 0.245 e. The van der Waals surface area contributed by atoms with Crippen LogP contribution in [0.5, 0.6) is 0 Å². The van der Waals surface area contributed by atoms with Gasteiger partial charge in [0.15, 0.2) is 0 Å². The van der Waals surface area contributed by atoms with Crippen molar-refractivity contribution in [3.63, 3.8) is 0 Å². The van der Waals surface area contributed by atoms with Crippen LogP contribution in [0.15, 0.2) is 36.7 Å². The predicted molar refractivity (Wildman–Crippen MR) is 111 cm³/mol. The zero-order valence-corrected chi connectivity index (χ0v) is 16.5. The van der Waals surface area contributed by atoms with Gasteiger partial charge in [-0.25, -0.2) is 4.98 Å². The first kappa shape index (κ1) is 18.9. The number of nitrogen functional groups attached to an aromatic ring is 1. The van der Waals surface area contributed by atoms with E-state index in [0.29, 0.717) is 22.2 Å². The van der Waals surface area contributed by atoms with Crippen LogP contribution in [0.1, 0.15) is 26.8 Å². The van der Waals surface area contributed by atoms with E-state index in [9.17, 15) is 9.90 Å². The first-order chi connectivity index (χ1) is 13.8. The van der Waals surface area contributed by atoms with E-state index in [1.54, 1.807) is 37.8 Å². The summed E-state index contributed by atoms with van der Waals surface area (Å²) in [6, 6.07) is 7.14. The number of amides is 1. The summed E-state index contributed by atoms with van der Waals surface area (Å²) >= 11 is 0. The summed E-state index contributed by atoms with van der Waals surface area (Å²) in [5.74, 6) is 0.109. The van der Waals surface area contributed by atoms with Gasteiger partial charge in [0.25, 0.3) is 0 Å². The highest BCUT2D eigenvalue weighted by atomic mass is 16.3. The van der Waals surface area contributed by atoms with Crippen LogP contribution in [0.2, 0.25) is 0 Å². The van der Waals surface area contributed by atoms with E-state index in [4.69, 9.17) is 5.73 Å². The highest BCUT2D eigenvalue weighted by molar-refractivity contribution is 6.08. The Morgan fingerprint density at radius 1 is 1.34 bits per heavy atom. The van der Waals surface area contributed by atoms with Crippen molar-refractivity contribution in [1.82, 2.24) is 30.3 Å². The number of H-pyrrole nitrogens is 1. The minimum Gasteiger partial charge on any atom is -0.394 e. The van der Waals surface area contributed by atoms with Gasteiger partial charge in [-0.15, -0.1) is 0 Å². The summed E-state index contributed by atoms with van der Waals surface area (Å²) in [5, 5.41) is 25.3. The number of aromatic nitrogens is 5. The van der Waals surface area contributed by atoms with Gasteiger partial charge in [0.1, 0.15) is 17.4 Å². The lowest BCUT2D eigenvalue weighted by molar-refractivity contribution is -0.126. The third-order valence-corrected chi connectivity index (χ3v) is 4.95. The average Bonchev–Trinajstić information content (AvgIpc) is 3.37. The number of hydrogen-bond acceptors (Lipinski definition) is 6. The molecule has 4 rings (SSSR count). The van der Waals surface area contributed by atoms with Crippen LogP contribution in [-0.4, -0.2) is 48.1 Å². The maximum absolute atomic E-state index is 12.6. The maximum atomic E-state index is 12.6. The molecule has 0 saturated heterocycles. The molecule has 3 aromatic heterocycles. The number of aliphatic hydroxyl groups excluding tert-OH is 1. The molecule has 0 bridgehead atoms. The van der Waals surface area contributed by atoms with Gasteiger partial charge in [-0.1, -0.05) is 6.07 Å². The zero-order valence-electron chi connectivity index (χ0n) is 16.5. The van der Waals surface area contributed by atoms with Gasteiger partial charge in [-0.2, -0.15) is 10.2 Å². The highest BCUT2D eigenvalue weighted by Gasteiger charge is 2.25. The fourth-order valence-electron chi connectivity index (χ4n) is 3.17. The molecule has 1 atom stereocenters. The standard InChI is InChI=1S/C20H23N7O2/c1-11(19(29)24-20(2,3)10-28)27-9-14-17(26-27)13-5-4-12(15-6-7-22-25-15)8-16(13)23-18(14)21/h4-9,11,28H,10H2,1-3H3,(H2,21,23)(H,22,25)(H,24,29).